The molecule has 1 aromatic carbocycles. The van der Waals surface area contributed by atoms with Gasteiger partial charge in [0.1, 0.15) is 0 Å². The summed E-state index contributed by atoms with van der Waals surface area (Å²) < 4.78 is 1.29. The summed E-state index contributed by atoms with van der Waals surface area (Å²) in [6.45, 7) is 2.70. The van der Waals surface area contributed by atoms with E-state index in [2.05, 4.69) is 27.6 Å². The van der Waals surface area contributed by atoms with E-state index in [0.29, 0.717) is 0 Å². The van der Waals surface area contributed by atoms with Gasteiger partial charge in [0.05, 0.1) is 6.04 Å². The van der Waals surface area contributed by atoms with Crippen molar-refractivity contribution in [3.63, 3.8) is 0 Å². The average Bonchev–Trinajstić information content (AvgIpc) is 2.80. The molecule has 1 aromatic heterocycles. The van der Waals surface area contributed by atoms with Crippen molar-refractivity contribution in [1.82, 2.24) is 4.90 Å². The topological polar surface area (TPSA) is 61.9 Å². The summed E-state index contributed by atoms with van der Waals surface area (Å²) >= 11 is 1.74. The first kappa shape index (κ1) is 12.9. The molecule has 96 valence electrons. The maximum Gasteiger partial charge on any atom is 0.156 e. The Morgan fingerprint density at radius 3 is 2.94 bits per heavy atom. The fourth-order valence-corrected chi connectivity index (χ4v) is 2.82. The second-order valence-corrected chi connectivity index (χ2v) is 5.28. The average molecular weight is 263 g/mol. The summed E-state index contributed by atoms with van der Waals surface area (Å²) in [4.78, 5) is 2.06. The number of rotatable bonds is 4. The van der Waals surface area contributed by atoms with E-state index in [1.54, 1.807) is 11.3 Å². The molecule has 0 aliphatic heterocycles. The van der Waals surface area contributed by atoms with Gasteiger partial charge < -0.3 is 10.9 Å². The van der Waals surface area contributed by atoms with Gasteiger partial charge in [0.2, 0.25) is 0 Å². The van der Waals surface area contributed by atoms with Crippen molar-refractivity contribution < 1.29 is 5.21 Å². The number of oxime groups is 1. The molecule has 5 heteroatoms. The molecule has 0 aliphatic rings. The van der Waals surface area contributed by atoms with E-state index in [9.17, 15) is 0 Å². The van der Waals surface area contributed by atoms with E-state index in [-0.39, 0.29) is 11.9 Å². The van der Waals surface area contributed by atoms with Gasteiger partial charge in [-0.05, 0) is 36.4 Å². The molecule has 4 nitrogen and oxygen atoms in total. The van der Waals surface area contributed by atoms with Crippen LogP contribution >= 0.6 is 11.3 Å². The van der Waals surface area contributed by atoms with Gasteiger partial charge in [0.25, 0.3) is 0 Å². The predicted octanol–water partition coefficient (Wildman–Crippen LogP) is 2.47. The molecule has 2 rings (SSSR count). The van der Waals surface area contributed by atoms with E-state index in [1.165, 1.54) is 15.6 Å². The third kappa shape index (κ3) is 2.47. The Morgan fingerprint density at radius 1 is 1.50 bits per heavy atom. The number of hydrogen-bond donors (Lipinski definition) is 2. The minimum Gasteiger partial charge on any atom is -0.409 e. The summed E-state index contributed by atoms with van der Waals surface area (Å²) in [6.07, 6.45) is 0. The van der Waals surface area contributed by atoms with Gasteiger partial charge in [0, 0.05) is 11.2 Å². The zero-order valence-electron chi connectivity index (χ0n) is 10.5. The quantitative estimate of drug-likeness (QED) is 0.385. The number of fused-ring (bicyclic) bond motifs is 1. The molecule has 0 spiro atoms. The molecule has 0 aliphatic carbocycles. The van der Waals surface area contributed by atoms with Gasteiger partial charge in [-0.15, -0.1) is 11.3 Å². The number of likely N-dealkylation sites (N-methyl/N-ethyl adjacent to an activating group) is 1. The summed E-state index contributed by atoms with van der Waals surface area (Å²) in [5.74, 6) is 0.233. The fourth-order valence-electron chi connectivity index (χ4n) is 1.87. The number of nitrogens with two attached hydrogens (primary N) is 1. The van der Waals surface area contributed by atoms with E-state index in [0.717, 1.165) is 6.54 Å². The molecule has 2 aromatic rings. The highest BCUT2D eigenvalue weighted by Gasteiger charge is 2.15. The van der Waals surface area contributed by atoms with Crippen LogP contribution in [0, 0.1) is 0 Å². The molecule has 0 radical (unpaired) electrons. The zero-order chi connectivity index (χ0) is 13.1. The van der Waals surface area contributed by atoms with Gasteiger partial charge >= 0.3 is 0 Å². The molecule has 1 atom stereocenters. The zero-order valence-corrected chi connectivity index (χ0v) is 11.3. The van der Waals surface area contributed by atoms with Crippen LogP contribution in [0.25, 0.3) is 10.1 Å². The van der Waals surface area contributed by atoms with Gasteiger partial charge in [-0.25, -0.2) is 0 Å². The van der Waals surface area contributed by atoms with Crippen LogP contribution in [-0.2, 0) is 6.54 Å². The van der Waals surface area contributed by atoms with Crippen LogP contribution < -0.4 is 5.73 Å². The Hall–Kier alpha value is -1.59. The molecule has 3 N–H and O–H groups in total. The standard InChI is InChI=1S/C13H17N3OS/c1-9(13(14)15-17)16(2)7-10-8-18-12-6-4-3-5-11(10)12/h3-6,8-9,17H,7H2,1-2H3,(H2,14,15). The van der Waals surface area contributed by atoms with Crippen LogP contribution in [0.1, 0.15) is 12.5 Å². The predicted molar refractivity (Wildman–Crippen MR) is 76.2 cm³/mol. The van der Waals surface area contributed by atoms with Crippen LogP contribution in [0.15, 0.2) is 34.8 Å². The Labute approximate surface area is 110 Å². The summed E-state index contributed by atoms with van der Waals surface area (Å²) in [7, 11) is 1.97. The van der Waals surface area contributed by atoms with Gasteiger partial charge in [-0.3, -0.25) is 4.90 Å². The summed E-state index contributed by atoms with van der Waals surface area (Å²) in [6, 6.07) is 8.25. The number of hydrogen-bond acceptors (Lipinski definition) is 4. The summed E-state index contributed by atoms with van der Waals surface area (Å²) in [5.41, 5.74) is 6.89. The van der Waals surface area contributed by atoms with Crippen molar-refractivity contribution in [2.75, 3.05) is 7.05 Å². The van der Waals surface area contributed by atoms with E-state index < -0.39 is 0 Å². The molecular weight excluding hydrogens is 246 g/mol. The molecule has 0 fully saturated rings. The smallest absolute Gasteiger partial charge is 0.156 e. The lowest BCUT2D eigenvalue weighted by Gasteiger charge is -2.23. The van der Waals surface area contributed by atoms with E-state index in [1.807, 2.05) is 26.1 Å². The first-order valence-corrected chi connectivity index (χ1v) is 6.64. The minimum absolute atomic E-state index is 0.0892. The monoisotopic (exact) mass is 263 g/mol. The number of nitrogens with zero attached hydrogens (tertiary/aromatic N) is 2. The van der Waals surface area contributed by atoms with Crippen molar-refractivity contribution in [2.45, 2.75) is 19.5 Å². The Balaban J connectivity index is 2.19. The van der Waals surface area contributed by atoms with E-state index >= 15 is 0 Å². The second kappa shape index (κ2) is 5.37. The Bertz CT molecular complexity index is 564. The number of amidine groups is 1. The van der Waals surface area contributed by atoms with Crippen LogP contribution in [-0.4, -0.2) is 29.0 Å². The Kier molecular flexibility index (Phi) is 3.84. The van der Waals surface area contributed by atoms with Gasteiger partial charge in [-0.1, -0.05) is 23.4 Å². The first-order valence-electron chi connectivity index (χ1n) is 5.76. The lowest BCUT2D eigenvalue weighted by Crippen LogP contribution is -2.39. The SMILES string of the molecule is CC(C(N)=NO)N(C)Cc1csc2ccccc12. The van der Waals surface area contributed by atoms with Crippen LogP contribution in [0.5, 0.6) is 0 Å². The van der Waals surface area contributed by atoms with Gasteiger partial charge in [0.15, 0.2) is 5.84 Å². The summed E-state index contributed by atoms with van der Waals surface area (Å²) in [5, 5.41) is 15.2. The maximum atomic E-state index is 8.69. The van der Waals surface area contributed by atoms with Crippen molar-refractivity contribution in [3.05, 3.63) is 35.2 Å². The molecule has 1 unspecified atom stereocenters. The molecular formula is C13H17N3OS. The second-order valence-electron chi connectivity index (χ2n) is 4.37. The largest absolute Gasteiger partial charge is 0.409 e. The third-order valence-corrected chi connectivity index (χ3v) is 4.20. The number of benzene rings is 1. The fraction of sp³-hybridized carbons (Fsp3) is 0.308. The van der Waals surface area contributed by atoms with Gasteiger partial charge in [-0.2, -0.15) is 0 Å². The minimum atomic E-state index is -0.0892. The van der Waals surface area contributed by atoms with Crippen molar-refractivity contribution >= 4 is 27.3 Å². The van der Waals surface area contributed by atoms with Crippen LogP contribution in [0.4, 0.5) is 0 Å². The molecule has 0 amide bonds. The van der Waals surface area contributed by atoms with Crippen molar-refractivity contribution in [3.8, 4) is 0 Å². The normalized spacial score (nSPS) is 14.3. The highest BCUT2D eigenvalue weighted by Crippen LogP contribution is 2.26. The highest BCUT2D eigenvalue weighted by molar-refractivity contribution is 7.17. The van der Waals surface area contributed by atoms with Crippen molar-refractivity contribution in [2.24, 2.45) is 10.9 Å². The number of thiophene rings is 1. The Morgan fingerprint density at radius 2 is 2.22 bits per heavy atom. The molecule has 1 heterocycles. The first-order chi connectivity index (χ1) is 8.63. The molecule has 0 bridgehead atoms. The van der Waals surface area contributed by atoms with E-state index in [4.69, 9.17) is 10.9 Å². The molecule has 0 saturated carbocycles. The molecule has 0 saturated heterocycles. The third-order valence-electron chi connectivity index (χ3n) is 3.19. The van der Waals surface area contributed by atoms with Crippen molar-refractivity contribution in [1.29, 1.82) is 0 Å². The highest BCUT2D eigenvalue weighted by atomic mass is 32.1. The van der Waals surface area contributed by atoms with Crippen LogP contribution in [0.2, 0.25) is 0 Å². The molecule has 18 heavy (non-hydrogen) atoms. The van der Waals surface area contributed by atoms with Crippen LogP contribution in [0.3, 0.4) is 0 Å². The lowest BCUT2D eigenvalue weighted by atomic mass is 10.1. The maximum absolute atomic E-state index is 8.69. The lowest BCUT2D eigenvalue weighted by molar-refractivity contribution is 0.280.